The number of benzene rings is 3. The second-order valence-electron chi connectivity index (χ2n) is 7.04. The fourth-order valence-electron chi connectivity index (χ4n) is 3.39. The van der Waals surface area contributed by atoms with E-state index < -0.39 is 23.7 Å². The van der Waals surface area contributed by atoms with Gasteiger partial charge in [0.1, 0.15) is 11.9 Å². The highest BCUT2D eigenvalue weighted by atomic mass is 35.5. The van der Waals surface area contributed by atoms with Crippen molar-refractivity contribution in [3.8, 4) is 0 Å². The molecular weight excluding hydrogens is 417 g/mol. The van der Waals surface area contributed by atoms with Gasteiger partial charge in [0.2, 0.25) is 5.91 Å². The number of H-pyrrole nitrogens is 1. The number of hydrogen-bond acceptors (Lipinski definition) is 2. The van der Waals surface area contributed by atoms with E-state index in [9.17, 15) is 14.0 Å². The van der Waals surface area contributed by atoms with E-state index in [2.05, 4.69) is 15.6 Å². The van der Waals surface area contributed by atoms with Crippen LogP contribution in [0.3, 0.4) is 0 Å². The van der Waals surface area contributed by atoms with Crippen LogP contribution < -0.4 is 10.6 Å². The number of para-hydroxylation sites is 2. The van der Waals surface area contributed by atoms with E-state index >= 15 is 0 Å². The largest absolute Gasteiger partial charge is 0.361 e. The van der Waals surface area contributed by atoms with Crippen LogP contribution in [0.15, 0.2) is 79.0 Å². The molecule has 1 atom stereocenters. The maximum absolute atomic E-state index is 14.1. The maximum Gasteiger partial charge on any atom is 0.253 e. The Hall–Kier alpha value is -3.64. The topological polar surface area (TPSA) is 74.0 Å². The van der Waals surface area contributed by atoms with Crippen molar-refractivity contribution in [3.63, 3.8) is 0 Å². The summed E-state index contributed by atoms with van der Waals surface area (Å²) in [6.45, 7) is 0. The standard InChI is InChI=1S/C24H19ClFN3O2/c25-18-9-3-1-8-17(18)23(30)29-22(24(31)28-21-12-6-4-10-19(21)26)13-15-14-27-20-11-5-2-7-16(15)20/h1-12,14,22,27H,13H2,(H,28,31)(H,29,30). The van der Waals surface area contributed by atoms with Crippen LogP contribution in [0.1, 0.15) is 15.9 Å². The summed E-state index contributed by atoms with van der Waals surface area (Å²) in [5.74, 6) is -1.57. The molecule has 1 heterocycles. The van der Waals surface area contributed by atoms with E-state index in [0.29, 0.717) is 0 Å². The van der Waals surface area contributed by atoms with Crippen molar-refractivity contribution in [2.75, 3.05) is 5.32 Å². The van der Waals surface area contributed by atoms with Gasteiger partial charge in [-0.3, -0.25) is 9.59 Å². The summed E-state index contributed by atoms with van der Waals surface area (Å²) in [7, 11) is 0. The minimum atomic E-state index is -0.956. The second-order valence-corrected chi connectivity index (χ2v) is 7.45. The lowest BCUT2D eigenvalue weighted by Gasteiger charge is -2.19. The molecule has 1 unspecified atom stereocenters. The van der Waals surface area contributed by atoms with Crippen LogP contribution in [0.2, 0.25) is 5.02 Å². The number of nitrogens with one attached hydrogen (secondary N) is 3. The number of hydrogen-bond donors (Lipinski definition) is 3. The van der Waals surface area contributed by atoms with Gasteiger partial charge in [0, 0.05) is 23.5 Å². The number of carbonyl (C=O) groups excluding carboxylic acids is 2. The molecule has 0 bridgehead atoms. The van der Waals surface area contributed by atoms with Gasteiger partial charge in [-0.2, -0.15) is 0 Å². The summed E-state index contributed by atoms with van der Waals surface area (Å²) in [4.78, 5) is 29.0. The number of halogens is 2. The molecule has 7 heteroatoms. The minimum Gasteiger partial charge on any atom is -0.361 e. The van der Waals surface area contributed by atoms with Gasteiger partial charge in [0.15, 0.2) is 0 Å². The zero-order valence-electron chi connectivity index (χ0n) is 16.4. The fraction of sp³-hybridized carbons (Fsp3) is 0.0833. The molecule has 2 amide bonds. The molecule has 0 saturated carbocycles. The van der Waals surface area contributed by atoms with E-state index in [1.165, 1.54) is 18.2 Å². The first-order valence-electron chi connectivity index (χ1n) is 9.68. The van der Waals surface area contributed by atoms with E-state index in [-0.39, 0.29) is 22.7 Å². The van der Waals surface area contributed by atoms with E-state index in [1.54, 1.807) is 36.5 Å². The van der Waals surface area contributed by atoms with E-state index in [4.69, 9.17) is 11.6 Å². The Morgan fingerprint density at radius 2 is 1.68 bits per heavy atom. The smallest absolute Gasteiger partial charge is 0.253 e. The van der Waals surface area contributed by atoms with Gasteiger partial charge >= 0.3 is 0 Å². The normalized spacial score (nSPS) is 11.8. The molecule has 3 N–H and O–H groups in total. The predicted molar refractivity (Wildman–Crippen MR) is 120 cm³/mol. The molecule has 31 heavy (non-hydrogen) atoms. The summed E-state index contributed by atoms with van der Waals surface area (Å²) >= 11 is 6.14. The lowest BCUT2D eigenvalue weighted by Crippen LogP contribution is -2.45. The van der Waals surface area contributed by atoms with E-state index in [1.807, 2.05) is 24.3 Å². The third kappa shape index (κ3) is 4.59. The van der Waals surface area contributed by atoms with E-state index in [0.717, 1.165) is 16.5 Å². The van der Waals surface area contributed by atoms with Crippen LogP contribution in [0, 0.1) is 5.82 Å². The number of rotatable bonds is 6. The lowest BCUT2D eigenvalue weighted by atomic mass is 10.0. The number of aromatic nitrogens is 1. The first-order valence-corrected chi connectivity index (χ1v) is 10.1. The van der Waals surface area contributed by atoms with Crippen LogP contribution in [0.25, 0.3) is 10.9 Å². The summed E-state index contributed by atoms with van der Waals surface area (Å²) < 4.78 is 14.1. The van der Waals surface area contributed by atoms with Crippen molar-refractivity contribution in [2.45, 2.75) is 12.5 Å². The van der Waals surface area contributed by atoms with Crippen LogP contribution >= 0.6 is 11.6 Å². The molecule has 4 rings (SSSR count). The third-order valence-corrected chi connectivity index (χ3v) is 5.30. The van der Waals surface area contributed by atoms with Crippen LogP contribution in [-0.2, 0) is 11.2 Å². The number of amides is 2. The van der Waals surface area contributed by atoms with Crippen molar-refractivity contribution in [1.29, 1.82) is 0 Å². The Balaban J connectivity index is 1.62. The SMILES string of the molecule is O=C(NC(Cc1c[nH]c2ccccc12)C(=O)Nc1ccccc1F)c1ccccc1Cl. The Kier molecular flexibility index (Phi) is 6.00. The maximum atomic E-state index is 14.1. The first-order chi connectivity index (χ1) is 15.0. The fourth-order valence-corrected chi connectivity index (χ4v) is 3.62. The lowest BCUT2D eigenvalue weighted by molar-refractivity contribution is -0.118. The summed E-state index contributed by atoms with van der Waals surface area (Å²) in [5, 5.41) is 6.54. The second kappa shape index (κ2) is 9.02. The van der Waals surface area contributed by atoms with Gasteiger partial charge in [-0.15, -0.1) is 0 Å². The van der Waals surface area contributed by atoms with Gasteiger partial charge in [0.25, 0.3) is 5.91 Å². The van der Waals surface area contributed by atoms with Crippen LogP contribution in [0.5, 0.6) is 0 Å². The highest BCUT2D eigenvalue weighted by Gasteiger charge is 2.25. The Bertz CT molecular complexity index is 1250. The number of anilines is 1. The average molecular weight is 436 g/mol. The van der Waals surface area contributed by atoms with Crippen LogP contribution in [-0.4, -0.2) is 22.8 Å². The molecular formula is C24H19ClFN3O2. The molecule has 0 radical (unpaired) electrons. The first kappa shape index (κ1) is 20.6. The number of fused-ring (bicyclic) bond motifs is 1. The van der Waals surface area contributed by atoms with Gasteiger partial charge < -0.3 is 15.6 Å². The third-order valence-electron chi connectivity index (χ3n) is 4.97. The highest BCUT2D eigenvalue weighted by Crippen LogP contribution is 2.21. The van der Waals surface area contributed by atoms with Crippen molar-refractivity contribution in [3.05, 3.63) is 101 Å². The molecule has 0 aliphatic rings. The molecule has 5 nitrogen and oxygen atoms in total. The highest BCUT2D eigenvalue weighted by molar-refractivity contribution is 6.33. The molecule has 0 fully saturated rings. The molecule has 156 valence electrons. The summed E-state index contributed by atoms with van der Waals surface area (Å²) in [6.07, 6.45) is 2.01. The number of carbonyl (C=O) groups is 2. The summed E-state index contributed by atoms with van der Waals surface area (Å²) in [6, 6.07) is 19.2. The Morgan fingerprint density at radius 3 is 2.48 bits per heavy atom. The van der Waals surface area contributed by atoms with Crippen molar-refractivity contribution in [1.82, 2.24) is 10.3 Å². The minimum absolute atomic E-state index is 0.0448. The zero-order valence-corrected chi connectivity index (χ0v) is 17.1. The quantitative estimate of drug-likeness (QED) is 0.401. The van der Waals surface area contributed by atoms with Crippen molar-refractivity contribution in [2.24, 2.45) is 0 Å². The van der Waals surface area contributed by atoms with Gasteiger partial charge in [-0.05, 0) is 35.9 Å². The predicted octanol–water partition coefficient (Wildman–Crippen LogP) is 4.94. The molecule has 3 aromatic carbocycles. The molecule has 0 spiro atoms. The van der Waals surface area contributed by atoms with Gasteiger partial charge in [-0.1, -0.05) is 54.1 Å². The van der Waals surface area contributed by atoms with Crippen molar-refractivity contribution >= 4 is 40.0 Å². The average Bonchev–Trinajstić information content (AvgIpc) is 3.18. The number of aromatic amines is 1. The summed E-state index contributed by atoms with van der Waals surface area (Å²) in [5.41, 5.74) is 2.07. The zero-order chi connectivity index (χ0) is 21.8. The molecule has 0 aliphatic carbocycles. The van der Waals surface area contributed by atoms with Crippen molar-refractivity contribution < 1.29 is 14.0 Å². The molecule has 4 aromatic rings. The molecule has 0 aliphatic heterocycles. The molecule has 0 saturated heterocycles. The molecule has 1 aromatic heterocycles. The monoisotopic (exact) mass is 435 g/mol. The van der Waals surface area contributed by atoms with Gasteiger partial charge in [0.05, 0.1) is 16.3 Å². The Labute approximate surface area is 183 Å². The van der Waals surface area contributed by atoms with Crippen LogP contribution in [0.4, 0.5) is 10.1 Å². The van der Waals surface area contributed by atoms with Gasteiger partial charge in [-0.25, -0.2) is 4.39 Å². The Morgan fingerprint density at radius 1 is 0.968 bits per heavy atom.